The molecule has 138 valence electrons. The molecule has 0 saturated heterocycles. The molecule has 0 bridgehead atoms. The summed E-state index contributed by atoms with van der Waals surface area (Å²) in [5.41, 5.74) is 7.84. The third kappa shape index (κ3) is 4.27. The summed E-state index contributed by atoms with van der Waals surface area (Å²) in [4.78, 5) is 8.24. The van der Waals surface area contributed by atoms with Crippen LogP contribution < -0.4 is 16.4 Å². The maximum Gasteiger partial charge on any atom is 0.179 e. The highest BCUT2D eigenvalue weighted by Crippen LogP contribution is 2.16. The third-order valence-corrected chi connectivity index (χ3v) is 3.76. The molecule has 5 N–H and O–H groups in total. The van der Waals surface area contributed by atoms with Crippen LogP contribution in [0.4, 0.5) is 15.9 Å². The monoisotopic (exact) mass is 367 g/mol. The van der Waals surface area contributed by atoms with Gasteiger partial charge in [-0.2, -0.15) is 0 Å². The molecule has 2 heterocycles. The number of anilines is 2. The lowest BCUT2D eigenvalue weighted by Crippen LogP contribution is -2.16. The topological polar surface area (TPSA) is 126 Å². The van der Waals surface area contributed by atoms with Crippen LogP contribution in [0, 0.1) is 11.2 Å². The fraction of sp³-hybridized carbons (Fsp3) is 0.111. The third-order valence-electron chi connectivity index (χ3n) is 3.76. The Morgan fingerprint density at radius 2 is 2.15 bits per heavy atom. The van der Waals surface area contributed by atoms with E-state index in [-0.39, 0.29) is 29.7 Å². The highest BCUT2D eigenvalue weighted by atomic mass is 19.1. The van der Waals surface area contributed by atoms with Crippen molar-refractivity contribution in [2.45, 2.75) is 6.54 Å². The van der Waals surface area contributed by atoms with E-state index < -0.39 is 0 Å². The normalized spacial score (nSPS) is 11.3. The predicted octanol–water partition coefficient (Wildman–Crippen LogP) is 2.43. The van der Waals surface area contributed by atoms with E-state index in [1.807, 2.05) is 0 Å². The maximum atomic E-state index is 13.9. The second kappa shape index (κ2) is 8.09. The minimum Gasteiger partial charge on any atom is -0.384 e. The molecule has 2 aromatic heterocycles. The Balaban J connectivity index is 1.85. The quantitative estimate of drug-likeness (QED) is 0.473. The first-order chi connectivity index (χ1) is 13.1. The molecule has 9 heteroatoms. The van der Waals surface area contributed by atoms with Crippen LogP contribution in [0.5, 0.6) is 0 Å². The lowest BCUT2D eigenvalue weighted by atomic mass is 10.2. The van der Waals surface area contributed by atoms with Crippen LogP contribution in [0.1, 0.15) is 17.1 Å². The Morgan fingerprint density at radius 1 is 1.33 bits per heavy atom. The molecule has 0 spiro atoms. The Labute approximate surface area is 154 Å². The fourth-order valence-electron chi connectivity index (χ4n) is 2.33. The van der Waals surface area contributed by atoms with E-state index in [1.54, 1.807) is 31.3 Å². The van der Waals surface area contributed by atoms with E-state index in [0.717, 1.165) is 0 Å². The van der Waals surface area contributed by atoms with Gasteiger partial charge in [0, 0.05) is 25.2 Å². The Bertz CT molecular complexity index is 970. The van der Waals surface area contributed by atoms with Crippen molar-refractivity contribution in [1.29, 1.82) is 5.41 Å². The molecule has 1 aromatic carbocycles. The van der Waals surface area contributed by atoms with E-state index in [0.29, 0.717) is 22.6 Å². The van der Waals surface area contributed by atoms with E-state index in [1.165, 1.54) is 24.6 Å². The largest absolute Gasteiger partial charge is 0.384 e. The lowest BCUT2D eigenvalue weighted by molar-refractivity contribution is 0.417. The molecule has 0 saturated carbocycles. The number of nitrogens with zero attached hydrogens (tertiary/aromatic N) is 3. The molecular weight excluding hydrogens is 349 g/mol. The molecule has 3 rings (SSSR count). The van der Waals surface area contributed by atoms with Crippen LogP contribution in [0.25, 0.3) is 5.70 Å². The van der Waals surface area contributed by atoms with Crippen molar-refractivity contribution in [2.75, 3.05) is 18.1 Å². The van der Waals surface area contributed by atoms with E-state index in [2.05, 4.69) is 25.8 Å². The number of allylic oxidation sites excluding steroid dienone is 1. The van der Waals surface area contributed by atoms with Crippen molar-refractivity contribution in [3.8, 4) is 0 Å². The average molecular weight is 367 g/mol. The number of aromatic nitrogens is 3. The summed E-state index contributed by atoms with van der Waals surface area (Å²) in [6.45, 7) is 0.209. The molecule has 27 heavy (non-hydrogen) atoms. The Morgan fingerprint density at radius 3 is 2.81 bits per heavy atom. The summed E-state index contributed by atoms with van der Waals surface area (Å²) in [7, 11) is 1.70. The van der Waals surface area contributed by atoms with Gasteiger partial charge in [-0.05, 0) is 12.1 Å². The summed E-state index contributed by atoms with van der Waals surface area (Å²) >= 11 is 0. The average Bonchev–Trinajstić information content (AvgIpc) is 3.20. The first-order valence-corrected chi connectivity index (χ1v) is 8.07. The second-order valence-electron chi connectivity index (χ2n) is 5.54. The zero-order valence-electron chi connectivity index (χ0n) is 14.5. The standard InChI is InChI=1S/C18H18FN7O/c1-22-16-10-24-18(25-17(16)21)13(20)8-15(14-6-7-27-26-14)23-9-11-4-2-3-5-12(11)19/h2-8,10,20,22-23H,9H2,1H3,(H2,21,24,25)/b15-8-,20-13?. The van der Waals surface area contributed by atoms with Crippen LogP contribution in [0.3, 0.4) is 0 Å². The molecule has 0 fully saturated rings. The van der Waals surface area contributed by atoms with Gasteiger partial charge in [-0.1, -0.05) is 23.4 Å². The van der Waals surface area contributed by atoms with Gasteiger partial charge in [-0.3, -0.25) is 5.41 Å². The van der Waals surface area contributed by atoms with Crippen molar-refractivity contribution in [1.82, 2.24) is 20.4 Å². The minimum atomic E-state index is -0.321. The van der Waals surface area contributed by atoms with Crippen LogP contribution in [-0.2, 0) is 6.54 Å². The highest BCUT2D eigenvalue weighted by molar-refractivity contribution is 6.07. The molecule has 0 radical (unpaired) electrons. The zero-order valence-corrected chi connectivity index (χ0v) is 14.5. The van der Waals surface area contributed by atoms with Crippen LogP contribution in [-0.4, -0.2) is 27.9 Å². The highest BCUT2D eigenvalue weighted by Gasteiger charge is 2.11. The van der Waals surface area contributed by atoms with Gasteiger partial charge >= 0.3 is 0 Å². The number of nitrogens with one attached hydrogen (secondary N) is 3. The molecule has 0 atom stereocenters. The number of hydrogen-bond donors (Lipinski definition) is 4. The molecule has 0 unspecified atom stereocenters. The van der Waals surface area contributed by atoms with E-state index in [9.17, 15) is 4.39 Å². The summed E-state index contributed by atoms with van der Waals surface area (Å²) in [5.74, 6) is 0.0708. The van der Waals surface area contributed by atoms with Crippen LogP contribution in [0.15, 0.2) is 53.4 Å². The van der Waals surface area contributed by atoms with E-state index >= 15 is 0 Å². The minimum absolute atomic E-state index is 0.0170. The van der Waals surface area contributed by atoms with Gasteiger partial charge in [0.15, 0.2) is 11.6 Å². The number of benzene rings is 1. The van der Waals surface area contributed by atoms with Crippen molar-refractivity contribution in [3.63, 3.8) is 0 Å². The summed E-state index contributed by atoms with van der Waals surface area (Å²) in [6, 6.07) is 8.07. The smallest absolute Gasteiger partial charge is 0.179 e. The van der Waals surface area contributed by atoms with Gasteiger partial charge in [0.2, 0.25) is 0 Å². The molecule has 3 aromatic rings. The number of nitrogen functional groups attached to an aromatic ring is 1. The Hall–Kier alpha value is -3.75. The maximum absolute atomic E-state index is 13.9. The number of hydrogen-bond acceptors (Lipinski definition) is 8. The molecule has 8 nitrogen and oxygen atoms in total. The van der Waals surface area contributed by atoms with E-state index in [4.69, 9.17) is 15.7 Å². The number of rotatable bonds is 7. The van der Waals surface area contributed by atoms with Crippen molar-refractivity contribution < 1.29 is 8.91 Å². The van der Waals surface area contributed by atoms with Gasteiger partial charge in [0.25, 0.3) is 0 Å². The van der Waals surface area contributed by atoms with Crippen molar-refractivity contribution in [2.24, 2.45) is 0 Å². The molecule has 0 aliphatic rings. The first-order valence-electron chi connectivity index (χ1n) is 8.07. The molecule has 0 aliphatic carbocycles. The van der Waals surface area contributed by atoms with Crippen LogP contribution >= 0.6 is 0 Å². The SMILES string of the molecule is CNc1cnc(C(=N)/C=C(\NCc2ccccc2F)c2ccon2)nc1N. The molecule has 0 amide bonds. The Kier molecular flexibility index (Phi) is 5.41. The summed E-state index contributed by atoms with van der Waals surface area (Å²) in [5, 5.41) is 18.1. The first kappa shape index (κ1) is 18.1. The van der Waals surface area contributed by atoms with Gasteiger partial charge in [-0.25, -0.2) is 14.4 Å². The molecule has 0 aliphatic heterocycles. The van der Waals surface area contributed by atoms with Crippen molar-refractivity contribution in [3.05, 3.63) is 71.8 Å². The van der Waals surface area contributed by atoms with Crippen molar-refractivity contribution >= 4 is 22.9 Å². The fourth-order valence-corrected chi connectivity index (χ4v) is 2.33. The zero-order chi connectivity index (χ0) is 19.2. The number of halogens is 1. The predicted molar refractivity (Wildman–Crippen MR) is 101 cm³/mol. The second-order valence-corrected chi connectivity index (χ2v) is 5.54. The van der Waals surface area contributed by atoms with Crippen LogP contribution in [0.2, 0.25) is 0 Å². The number of nitrogens with two attached hydrogens (primary N) is 1. The van der Waals surface area contributed by atoms with Gasteiger partial charge < -0.3 is 20.9 Å². The summed E-state index contributed by atoms with van der Waals surface area (Å²) in [6.07, 6.45) is 4.41. The summed E-state index contributed by atoms with van der Waals surface area (Å²) < 4.78 is 18.7. The van der Waals surface area contributed by atoms with Gasteiger partial charge in [0.1, 0.15) is 23.5 Å². The van der Waals surface area contributed by atoms with Gasteiger partial charge in [0.05, 0.1) is 17.6 Å². The molecular formula is C18H18FN7O. The van der Waals surface area contributed by atoms with Gasteiger partial charge in [-0.15, -0.1) is 0 Å². The lowest BCUT2D eigenvalue weighted by Gasteiger charge is -2.10.